The van der Waals surface area contributed by atoms with E-state index in [9.17, 15) is 0 Å². The van der Waals surface area contributed by atoms with Crippen LogP contribution in [0.4, 0.5) is 0 Å². The van der Waals surface area contributed by atoms with Gasteiger partial charge in [-0.2, -0.15) is 4.98 Å². The van der Waals surface area contributed by atoms with Crippen LogP contribution in [0.1, 0.15) is 24.1 Å². The van der Waals surface area contributed by atoms with Crippen molar-refractivity contribution in [2.75, 3.05) is 0 Å². The molecule has 88 valence electrons. The molecule has 0 aliphatic rings. The van der Waals surface area contributed by atoms with E-state index in [4.69, 9.17) is 4.74 Å². The second kappa shape index (κ2) is 4.91. The molecule has 0 aliphatic carbocycles. The van der Waals surface area contributed by atoms with E-state index in [1.54, 1.807) is 6.20 Å². The Morgan fingerprint density at radius 1 is 1.12 bits per heavy atom. The number of hydrogen-bond donors (Lipinski definition) is 0. The zero-order chi connectivity index (χ0) is 12.3. The lowest BCUT2D eigenvalue weighted by molar-refractivity contribution is 0.455. The second-order valence-electron chi connectivity index (χ2n) is 3.85. The van der Waals surface area contributed by atoms with Gasteiger partial charge in [0.2, 0.25) is 5.88 Å². The summed E-state index contributed by atoms with van der Waals surface area (Å²) >= 11 is 0. The lowest BCUT2D eigenvalue weighted by atomic mass is 10.3. The Hall–Kier alpha value is -1.97. The van der Waals surface area contributed by atoms with Crippen molar-refractivity contribution >= 4 is 0 Å². The van der Waals surface area contributed by atoms with E-state index in [-0.39, 0.29) is 0 Å². The predicted octanol–water partition coefficient (Wildman–Crippen LogP) is 2.84. The Bertz CT molecular complexity index is 509. The molecule has 4 heteroatoms. The molecule has 2 heterocycles. The van der Waals surface area contributed by atoms with Crippen LogP contribution < -0.4 is 4.74 Å². The van der Waals surface area contributed by atoms with Crippen LogP contribution in [0, 0.1) is 13.8 Å². The zero-order valence-electron chi connectivity index (χ0n) is 10.3. The first-order chi connectivity index (χ1) is 8.17. The molecule has 0 fully saturated rings. The number of ether oxygens (including phenoxy) is 1. The maximum Gasteiger partial charge on any atom is 0.222 e. The highest BCUT2D eigenvalue weighted by Gasteiger charge is 2.03. The first-order valence-corrected chi connectivity index (χ1v) is 5.62. The van der Waals surface area contributed by atoms with Crippen molar-refractivity contribution in [2.45, 2.75) is 27.2 Å². The molecule has 2 rings (SSSR count). The summed E-state index contributed by atoms with van der Waals surface area (Å²) in [6.07, 6.45) is 2.49. The van der Waals surface area contributed by atoms with E-state index in [2.05, 4.69) is 15.0 Å². The molecule has 0 atom stereocenters. The third-order valence-electron chi connectivity index (χ3n) is 2.30. The molecule has 2 aromatic heterocycles. The Labute approximate surface area is 101 Å². The summed E-state index contributed by atoms with van der Waals surface area (Å²) in [6, 6.07) is 5.61. The molecule has 0 aliphatic heterocycles. The first kappa shape index (κ1) is 11.5. The van der Waals surface area contributed by atoms with Crippen molar-refractivity contribution < 1.29 is 4.74 Å². The van der Waals surface area contributed by atoms with Gasteiger partial charge in [-0.25, -0.2) is 4.98 Å². The Kier molecular flexibility index (Phi) is 3.32. The van der Waals surface area contributed by atoms with Crippen LogP contribution in [0.5, 0.6) is 11.6 Å². The van der Waals surface area contributed by atoms with Gasteiger partial charge in [0.25, 0.3) is 0 Å². The quantitative estimate of drug-likeness (QED) is 0.812. The van der Waals surface area contributed by atoms with E-state index in [1.165, 1.54) is 0 Å². The topological polar surface area (TPSA) is 47.9 Å². The summed E-state index contributed by atoms with van der Waals surface area (Å²) in [5.74, 6) is 2.05. The average Bonchev–Trinajstić information content (AvgIpc) is 2.31. The van der Waals surface area contributed by atoms with Crippen molar-refractivity contribution in [2.24, 2.45) is 0 Å². The first-order valence-electron chi connectivity index (χ1n) is 5.62. The van der Waals surface area contributed by atoms with Gasteiger partial charge in [-0.1, -0.05) is 6.92 Å². The van der Waals surface area contributed by atoms with Crippen LogP contribution in [-0.2, 0) is 6.42 Å². The van der Waals surface area contributed by atoms with E-state index in [1.807, 2.05) is 39.0 Å². The predicted molar refractivity (Wildman–Crippen MR) is 65.2 cm³/mol. The van der Waals surface area contributed by atoms with Crippen molar-refractivity contribution in [3.8, 4) is 11.6 Å². The molecule has 0 saturated heterocycles. The third kappa shape index (κ3) is 3.00. The molecule has 0 amide bonds. The Morgan fingerprint density at radius 3 is 2.59 bits per heavy atom. The van der Waals surface area contributed by atoms with Crippen molar-refractivity contribution in [1.29, 1.82) is 0 Å². The van der Waals surface area contributed by atoms with E-state index in [0.29, 0.717) is 11.6 Å². The van der Waals surface area contributed by atoms with Gasteiger partial charge in [-0.15, -0.1) is 0 Å². The van der Waals surface area contributed by atoms with Crippen LogP contribution in [-0.4, -0.2) is 15.0 Å². The molecule has 2 aromatic rings. The molecular weight excluding hydrogens is 214 g/mol. The zero-order valence-corrected chi connectivity index (χ0v) is 10.3. The lowest BCUT2D eigenvalue weighted by Crippen LogP contribution is -1.98. The standard InChI is InChI=1S/C13H15N3O/c1-4-12-15-10(3)7-13(16-12)17-11-6-5-9(2)14-8-11/h5-8H,4H2,1-3H3. The van der Waals surface area contributed by atoms with Gasteiger partial charge >= 0.3 is 0 Å². The Morgan fingerprint density at radius 2 is 1.94 bits per heavy atom. The van der Waals surface area contributed by atoms with Gasteiger partial charge in [-0.3, -0.25) is 4.98 Å². The molecule has 0 aromatic carbocycles. The summed E-state index contributed by atoms with van der Waals surface area (Å²) in [5, 5.41) is 0. The summed E-state index contributed by atoms with van der Waals surface area (Å²) < 4.78 is 5.64. The maximum absolute atomic E-state index is 5.64. The molecule has 0 radical (unpaired) electrons. The van der Waals surface area contributed by atoms with Gasteiger partial charge in [0.15, 0.2) is 0 Å². The molecular formula is C13H15N3O. The molecule has 4 nitrogen and oxygen atoms in total. The highest BCUT2D eigenvalue weighted by Crippen LogP contribution is 2.19. The van der Waals surface area contributed by atoms with E-state index >= 15 is 0 Å². The lowest BCUT2D eigenvalue weighted by Gasteiger charge is -2.06. The van der Waals surface area contributed by atoms with Crippen LogP contribution in [0.15, 0.2) is 24.4 Å². The van der Waals surface area contributed by atoms with Gasteiger partial charge < -0.3 is 4.74 Å². The second-order valence-corrected chi connectivity index (χ2v) is 3.85. The third-order valence-corrected chi connectivity index (χ3v) is 2.30. The van der Waals surface area contributed by atoms with Gasteiger partial charge in [-0.05, 0) is 26.0 Å². The molecule has 0 spiro atoms. The molecule has 0 unspecified atom stereocenters. The molecule has 0 N–H and O–H groups in total. The minimum Gasteiger partial charge on any atom is -0.437 e. The van der Waals surface area contributed by atoms with Gasteiger partial charge in [0.1, 0.15) is 11.6 Å². The number of aryl methyl sites for hydroxylation is 3. The minimum absolute atomic E-state index is 0.569. The van der Waals surface area contributed by atoms with Crippen LogP contribution in [0.25, 0.3) is 0 Å². The smallest absolute Gasteiger partial charge is 0.222 e. The fraction of sp³-hybridized carbons (Fsp3) is 0.308. The van der Waals surface area contributed by atoms with E-state index in [0.717, 1.165) is 23.6 Å². The number of hydrogen-bond acceptors (Lipinski definition) is 4. The number of aromatic nitrogens is 3. The average molecular weight is 229 g/mol. The molecule has 0 saturated carbocycles. The van der Waals surface area contributed by atoms with Crippen molar-refractivity contribution in [3.05, 3.63) is 41.6 Å². The number of rotatable bonds is 3. The molecule has 0 bridgehead atoms. The fourth-order valence-corrected chi connectivity index (χ4v) is 1.44. The van der Waals surface area contributed by atoms with Gasteiger partial charge in [0.05, 0.1) is 6.20 Å². The number of pyridine rings is 1. The number of nitrogens with zero attached hydrogens (tertiary/aromatic N) is 3. The van der Waals surface area contributed by atoms with Crippen LogP contribution in [0.3, 0.4) is 0 Å². The largest absolute Gasteiger partial charge is 0.437 e. The highest BCUT2D eigenvalue weighted by atomic mass is 16.5. The van der Waals surface area contributed by atoms with E-state index < -0.39 is 0 Å². The Balaban J connectivity index is 2.23. The molecule has 17 heavy (non-hydrogen) atoms. The fourth-order valence-electron chi connectivity index (χ4n) is 1.44. The maximum atomic E-state index is 5.64. The highest BCUT2D eigenvalue weighted by molar-refractivity contribution is 5.26. The van der Waals surface area contributed by atoms with Crippen LogP contribution >= 0.6 is 0 Å². The summed E-state index contributed by atoms with van der Waals surface area (Å²) in [6.45, 7) is 5.89. The summed E-state index contributed by atoms with van der Waals surface area (Å²) in [7, 11) is 0. The minimum atomic E-state index is 0.569. The normalized spacial score (nSPS) is 10.3. The summed E-state index contributed by atoms with van der Waals surface area (Å²) in [5.41, 5.74) is 1.87. The SMILES string of the molecule is CCc1nc(C)cc(Oc2ccc(C)nc2)n1. The van der Waals surface area contributed by atoms with Crippen LogP contribution in [0.2, 0.25) is 0 Å². The van der Waals surface area contributed by atoms with Crippen molar-refractivity contribution in [3.63, 3.8) is 0 Å². The summed E-state index contributed by atoms with van der Waals surface area (Å²) in [4.78, 5) is 12.8. The van der Waals surface area contributed by atoms with Gasteiger partial charge in [0, 0.05) is 23.9 Å². The van der Waals surface area contributed by atoms with Crippen molar-refractivity contribution in [1.82, 2.24) is 15.0 Å². The monoisotopic (exact) mass is 229 g/mol.